The van der Waals surface area contributed by atoms with Gasteiger partial charge in [0.05, 0.1) is 19.1 Å². The van der Waals surface area contributed by atoms with Crippen molar-refractivity contribution in [2.24, 2.45) is 0 Å². The van der Waals surface area contributed by atoms with Crippen LogP contribution in [-0.2, 0) is 4.79 Å². The first kappa shape index (κ1) is 20.1. The summed E-state index contributed by atoms with van der Waals surface area (Å²) in [7, 11) is 0. The monoisotopic (exact) mass is 400 g/mol. The molecule has 4 rings (SSSR count). The van der Waals surface area contributed by atoms with Gasteiger partial charge >= 0.3 is 0 Å². The highest BCUT2D eigenvalue weighted by Crippen LogP contribution is 2.31. The van der Waals surface area contributed by atoms with Gasteiger partial charge < -0.3 is 9.64 Å². The number of carbonyl (C=O) groups excluding carboxylic acids is 1. The van der Waals surface area contributed by atoms with Crippen molar-refractivity contribution < 1.29 is 9.53 Å². The van der Waals surface area contributed by atoms with Gasteiger partial charge in [0.1, 0.15) is 5.75 Å². The summed E-state index contributed by atoms with van der Waals surface area (Å²) in [6, 6.07) is 22.4. The lowest BCUT2D eigenvalue weighted by molar-refractivity contribution is -0.134. The van der Waals surface area contributed by atoms with Gasteiger partial charge in [-0.05, 0) is 42.2 Å². The maximum atomic E-state index is 13.1. The second kappa shape index (κ2) is 10.1. The highest BCUT2D eigenvalue weighted by molar-refractivity contribution is 5.77. The molecule has 1 amide bonds. The van der Waals surface area contributed by atoms with E-state index in [1.54, 1.807) is 0 Å². The van der Waals surface area contributed by atoms with Gasteiger partial charge in [-0.2, -0.15) is 0 Å². The van der Waals surface area contributed by atoms with Crippen molar-refractivity contribution in [3.05, 3.63) is 84.7 Å². The van der Waals surface area contributed by atoms with E-state index < -0.39 is 0 Å². The standard InChI is InChI=1S/C26H28N2O2/c29-26(28-19-8-2-5-12-24(28)22-14-17-27-18-15-22)16-20-30-25-13-7-6-11-23(25)21-9-3-1-4-10-21/h1,3-4,6-7,9-11,13-15,17-18,24H,2,5,8,12,16,19-20H2. The van der Waals surface area contributed by atoms with E-state index in [-0.39, 0.29) is 11.9 Å². The zero-order valence-electron chi connectivity index (χ0n) is 17.2. The molecule has 30 heavy (non-hydrogen) atoms. The molecule has 0 saturated carbocycles. The molecule has 0 bridgehead atoms. The molecule has 1 unspecified atom stereocenters. The Morgan fingerprint density at radius 3 is 2.53 bits per heavy atom. The third-order valence-electron chi connectivity index (χ3n) is 5.71. The van der Waals surface area contributed by atoms with Crippen LogP contribution in [0.1, 0.15) is 43.7 Å². The molecular formula is C26H28N2O2. The number of hydrogen-bond acceptors (Lipinski definition) is 3. The van der Waals surface area contributed by atoms with Crippen molar-refractivity contribution in [1.82, 2.24) is 9.88 Å². The van der Waals surface area contributed by atoms with E-state index in [9.17, 15) is 4.79 Å². The highest BCUT2D eigenvalue weighted by atomic mass is 16.5. The molecule has 4 nitrogen and oxygen atoms in total. The molecule has 0 spiro atoms. The molecule has 2 heterocycles. The summed E-state index contributed by atoms with van der Waals surface area (Å²) in [5, 5.41) is 0. The van der Waals surface area contributed by atoms with E-state index in [4.69, 9.17) is 4.74 Å². The summed E-state index contributed by atoms with van der Waals surface area (Å²) in [4.78, 5) is 19.3. The first-order chi connectivity index (χ1) is 14.8. The van der Waals surface area contributed by atoms with Gasteiger partial charge in [0.15, 0.2) is 0 Å². The molecule has 1 aliphatic rings. The fraction of sp³-hybridized carbons (Fsp3) is 0.308. The molecule has 0 N–H and O–H groups in total. The molecule has 1 aliphatic heterocycles. The SMILES string of the molecule is O=C(CCOc1ccccc1-c1ccccc1)N1CCCCCC1c1ccncc1. The number of hydrogen-bond donors (Lipinski definition) is 0. The fourth-order valence-electron chi connectivity index (χ4n) is 4.18. The minimum absolute atomic E-state index is 0.139. The lowest BCUT2D eigenvalue weighted by Gasteiger charge is -2.30. The zero-order chi connectivity index (χ0) is 20.6. The summed E-state index contributed by atoms with van der Waals surface area (Å²) in [5.41, 5.74) is 3.34. The summed E-state index contributed by atoms with van der Waals surface area (Å²) in [6.07, 6.45) is 8.40. The topological polar surface area (TPSA) is 42.4 Å². The molecule has 154 valence electrons. The van der Waals surface area contributed by atoms with Crippen LogP contribution >= 0.6 is 0 Å². The number of likely N-dealkylation sites (tertiary alicyclic amines) is 1. The number of nitrogens with zero attached hydrogens (tertiary/aromatic N) is 2. The lowest BCUT2D eigenvalue weighted by Crippen LogP contribution is -2.35. The summed E-state index contributed by atoms with van der Waals surface area (Å²) in [5.74, 6) is 0.981. The fourth-order valence-corrected chi connectivity index (χ4v) is 4.18. The van der Waals surface area contributed by atoms with Gasteiger partial charge in [-0.25, -0.2) is 0 Å². The molecule has 1 fully saturated rings. The Kier molecular flexibility index (Phi) is 6.75. The van der Waals surface area contributed by atoms with Gasteiger partial charge in [0, 0.05) is 24.5 Å². The first-order valence-corrected chi connectivity index (χ1v) is 10.8. The van der Waals surface area contributed by atoms with Crippen molar-refractivity contribution in [3.63, 3.8) is 0 Å². The molecule has 2 aromatic carbocycles. The van der Waals surface area contributed by atoms with Crippen molar-refractivity contribution in [1.29, 1.82) is 0 Å². The number of pyridine rings is 1. The Bertz CT molecular complexity index is 944. The maximum absolute atomic E-state index is 13.1. The van der Waals surface area contributed by atoms with E-state index in [2.05, 4.69) is 28.1 Å². The maximum Gasteiger partial charge on any atom is 0.226 e. The van der Waals surface area contributed by atoms with Crippen LogP contribution in [0.5, 0.6) is 5.75 Å². The number of benzene rings is 2. The minimum Gasteiger partial charge on any atom is -0.492 e. The van der Waals surface area contributed by atoms with Crippen LogP contribution in [0.2, 0.25) is 0 Å². The summed E-state index contributed by atoms with van der Waals surface area (Å²) < 4.78 is 6.07. The van der Waals surface area contributed by atoms with Gasteiger partial charge in [-0.3, -0.25) is 9.78 Å². The predicted octanol–water partition coefficient (Wildman–Crippen LogP) is 5.66. The quantitative estimate of drug-likeness (QED) is 0.536. The number of aromatic nitrogens is 1. The van der Waals surface area contributed by atoms with Crippen LogP contribution in [0.4, 0.5) is 0 Å². The van der Waals surface area contributed by atoms with Crippen molar-refractivity contribution in [2.75, 3.05) is 13.2 Å². The summed E-state index contributed by atoms with van der Waals surface area (Å²) >= 11 is 0. The molecule has 0 radical (unpaired) electrons. The Labute approximate surface area is 178 Å². The van der Waals surface area contributed by atoms with Crippen molar-refractivity contribution in [2.45, 2.75) is 38.1 Å². The number of rotatable bonds is 6. The van der Waals surface area contributed by atoms with E-state index in [1.807, 2.05) is 60.9 Å². The Morgan fingerprint density at radius 2 is 1.70 bits per heavy atom. The van der Waals surface area contributed by atoms with E-state index >= 15 is 0 Å². The smallest absolute Gasteiger partial charge is 0.226 e. The normalized spacial score (nSPS) is 16.7. The Hall–Kier alpha value is -3.14. The predicted molar refractivity (Wildman–Crippen MR) is 119 cm³/mol. The van der Waals surface area contributed by atoms with Gasteiger partial charge in [-0.1, -0.05) is 61.4 Å². The van der Waals surface area contributed by atoms with Crippen molar-refractivity contribution in [3.8, 4) is 16.9 Å². The second-order valence-corrected chi connectivity index (χ2v) is 7.69. The van der Waals surface area contributed by atoms with Crippen LogP contribution in [-0.4, -0.2) is 28.9 Å². The van der Waals surface area contributed by atoms with E-state index in [0.29, 0.717) is 13.0 Å². The Morgan fingerprint density at radius 1 is 0.933 bits per heavy atom. The van der Waals surface area contributed by atoms with Gasteiger partial charge in [0.2, 0.25) is 5.91 Å². The number of amides is 1. The molecule has 1 saturated heterocycles. The number of carbonyl (C=O) groups is 1. The third-order valence-corrected chi connectivity index (χ3v) is 5.71. The molecule has 3 aromatic rings. The molecule has 1 aromatic heterocycles. The van der Waals surface area contributed by atoms with Crippen LogP contribution in [0, 0.1) is 0 Å². The Balaban J connectivity index is 1.42. The van der Waals surface area contributed by atoms with Crippen LogP contribution < -0.4 is 4.74 Å². The average Bonchev–Trinajstić information content (AvgIpc) is 3.07. The van der Waals surface area contributed by atoms with Gasteiger partial charge in [0.25, 0.3) is 0 Å². The number of para-hydroxylation sites is 1. The number of ether oxygens (including phenoxy) is 1. The van der Waals surface area contributed by atoms with Crippen LogP contribution in [0.15, 0.2) is 79.1 Å². The molecule has 0 aliphatic carbocycles. The van der Waals surface area contributed by atoms with Gasteiger partial charge in [-0.15, -0.1) is 0 Å². The molecule has 4 heteroatoms. The largest absolute Gasteiger partial charge is 0.492 e. The van der Waals surface area contributed by atoms with Crippen LogP contribution in [0.25, 0.3) is 11.1 Å². The average molecular weight is 401 g/mol. The van der Waals surface area contributed by atoms with E-state index in [1.165, 1.54) is 12.0 Å². The highest BCUT2D eigenvalue weighted by Gasteiger charge is 2.26. The second-order valence-electron chi connectivity index (χ2n) is 7.69. The first-order valence-electron chi connectivity index (χ1n) is 10.8. The molecular weight excluding hydrogens is 372 g/mol. The van der Waals surface area contributed by atoms with Crippen molar-refractivity contribution >= 4 is 5.91 Å². The summed E-state index contributed by atoms with van der Waals surface area (Å²) in [6.45, 7) is 1.19. The van der Waals surface area contributed by atoms with Crippen LogP contribution in [0.3, 0.4) is 0 Å². The third kappa shape index (κ3) is 4.88. The zero-order valence-corrected chi connectivity index (χ0v) is 17.2. The van der Waals surface area contributed by atoms with E-state index in [0.717, 1.165) is 42.7 Å². The molecule has 1 atom stereocenters. The lowest BCUT2D eigenvalue weighted by atomic mass is 10.0. The minimum atomic E-state index is 0.139.